The molecule has 0 spiro atoms. The summed E-state index contributed by atoms with van der Waals surface area (Å²) in [5.74, 6) is -0.0428. The first-order valence-corrected chi connectivity index (χ1v) is 11.8. The highest BCUT2D eigenvalue weighted by Crippen LogP contribution is 2.25. The molecule has 0 saturated carbocycles. The van der Waals surface area contributed by atoms with E-state index in [9.17, 15) is 0 Å². The smallest absolute Gasteiger partial charge is 0.414 e. The van der Waals surface area contributed by atoms with Crippen LogP contribution in [-0.4, -0.2) is 68.7 Å². The third-order valence-corrected chi connectivity index (χ3v) is 5.43. The Bertz CT molecular complexity index is 1240. The van der Waals surface area contributed by atoms with Crippen LogP contribution in [0.2, 0.25) is 0 Å². The number of benzene rings is 2. The van der Waals surface area contributed by atoms with Crippen molar-refractivity contribution in [3.63, 3.8) is 0 Å². The van der Waals surface area contributed by atoms with Crippen molar-refractivity contribution in [1.29, 1.82) is 0 Å². The second-order valence-electron chi connectivity index (χ2n) is 7.66. The van der Waals surface area contributed by atoms with Crippen molar-refractivity contribution in [1.82, 2.24) is 20.1 Å². The van der Waals surface area contributed by atoms with E-state index in [4.69, 9.17) is 29.0 Å². The summed E-state index contributed by atoms with van der Waals surface area (Å²) in [7, 11) is 4.12. The predicted molar refractivity (Wildman–Crippen MR) is 132 cm³/mol. The van der Waals surface area contributed by atoms with Crippen LogP contribution in [0.25, 0.3) is 22.4 Å². The lowest BCUT2D eigenvalue weighted by Gasteiger charge is -2.06. The molecule has 0 fully saturated rings. The molecular weight excluding hydrogens is 472 g/mol. The second-order valence-corrected chi connectivity index (χ2v) is 8.76. The van der Waals surface area contributed by atoms with Crippen molar-refractivity contribution in [2.45, 2.75) is 12.3 Å². The molecule has 4 rings (SSSR count). The molecule has 0 radical (unpaired) electrons. The van der Waals surface area contributed by atoms with Gasteiger partial charge < -0.3 is 29.3 Å². The minimum absolute atomic E-state index is 0.554. The summed E-state index contributed by atoms with van der Waals surface area (Å²) >= 11 is 1.71. The van der Waals surface area contributed by atoms with Gasteiger partial charge in [0.15, 0.2) is 0 Å². The third kappa shape index (κ3) is 8.16. The van der Waals surface area contributed by atoms with Crippen LogP contribution in [0.5, 0.6) is 5.75 Å². The summed E-state index contributed by atoms with van der Waals surface area (Å²) in [5.41, 5.74) is 3.23. The number of carbonyl (C=O) groups is 2. The number of aliphatic carboxylic acids is 2. The monoisotopic (exact) mass is 498 g/mol. The molecule has 0 saturated heterocycles. The number of carboxylic acids is 2. The molecule has 0 aliphatic heterocycles. The fourth-order valence-electron chi connectivity index (χ4n) is 3.07. The van der Waals surface area contributed by atoms with Crippen molar-refractivity contribution in [3.05, 3.63) is 66.2 Å². The van der Waals surface area contributed by atoms with Crippen LogP contribution >= 0.6 is 11.8 Å². The minimum Gasteiger partial charge on any atom is -0.493 e. The van der Waals surface area contributed by atoms with Gasteiger partial charge in [0.05, 0.1) is 12.4 Å². The Morgan fingerprint density at radius 2 is 1.80 bits per heavy atom. The van der Waals surface area contributed by atoms with Gasteiger partial charge in [-0.25, -0.2) is 9.59 Å². The van der Waals surface area contributed by atoms with Crippen molar-refractivity contribution in [2.75, 3.05) is 26.5 Å². The molecule has 2 aromatic carbocycles. The van der Waals surface area contributed by atoms with Gasteiger partial charge in [-0.1, -0.05) is 18.2 Å². The summed E-state index contributed by atoms with van der Waals surface area (Å²) in [6, 6.07) is 18.2. The Labute approximate surface area is 205 Å². The van der Waals surface area contributed by atoms with Crippen LogP contribution in [0.1, 0.15) is 11.6 Å². The molecule has 0 aliphatic carbocycles. The number of nitrogens with one attached hydrogen (secondary N) is 1. The number of para-hydroxylation sites is 1. The van der Waals surface area contributed by atoms with Gasteiger partial charge in [0.2, 0.25) is 11.8 Å². The van der Waals surface area contributed by atoms with Gasteiger partial charge in [0.25, 0.3) is 0 Å². The quantitative estimate of drug-likeness (QED) is 0.231. The number of aromatic amines is 1. The molecule has 4 aromatic rings. The van der Waals surface area contributed by atoms with Crippen LogP contribution in [0.4, 0.5) is 0 Å². The number of hydrogen-bond acceptors (Lipinski definition) is 8. The summed E-state index contributed by atoms with van der Waals surface area (Å²) in [4.78, 5) is 23.8. The van der Waals surface area contributed by atoms with Gasteiger partial charge in [-0.2, -0.15) is 0 Å². The number of H-pyrrole nitrogens is 1. The number of rotatable bonds is 9. The number of nitrogens with zero attached hydrogens (tertiary/aromatic N) is 3. The zero-order valence-corrected chi connectivity index (χ0v) is 20.1. The highest BCUT2D eigenvalue weighted by molar-refractivity contribution is 7.98. The summed E-state index contributed by atoms with van der Waals surface area (Å²) < 4.78 is 11.5. The van der Waals surface area contributed by atoms with Crippen LogP contribution in [0, 0.1) is 0 Å². The zero-order chi connectivity index (χ0) is 25.2. The second kappa shape index (κ2) is 12.6. The van der Waals surface area contributed by atoms with Crippen molar-refractivity contribution in [2.24, 2.45) is 0 Å². The first-order chi connectivity index (χ1) is 16.8. The van der Waals surface area contributed by atoms with Gasteiger partial charge in [0.1, 0.15) is 5.75 Å². The molecule has 0 bridgehead atoms. The Morgan fingerprint density at radius 1 is 1.06 bits per heavy atom. The van der Waals surface area contributed by atoms with Crippen molar-refractivity contribution >= 4 is 34.6 Å². The molecule has 11 heteroatoms. The van der Waals surface area contributed by atoms with E-state index in [1.54, 1.807) is 11.8 Å². The number of aromatic nitrogens is 3. The highest BCUT2D eigenvalue weighted by atomic mass is 32.2. The summed E-state index contributed by atoms with van der Waals surface area (Å²) in [5, 5.41) is 24.3. The zero-order valence-electron chi connectivity index (χ0n) is 19.3. The van der Waals surface area contributed by atoms with E-state index in [1.807, 2.05) is 36.4 Å². The number of ether oxygens (including phenoxy) is 1. The maximum absolute atomic E-state index is 9.10. The average Bonchev–Trinajstić information content (AvgIpc) is 3.45. The van der Waals surface area contributed by atoms with E-state index in [-0.39, 0.29) is 0 Å². The third-order valence-electron chi connectivity index (χ3n) is 4.52. The number of fused-ring (bicyclic) bond motifs is 1. The fraction of sp³-hybridized carbons (Fsp3) is 0.250. The highest BCUT2D eigenvalue weighted by Gasteiger charge is 2.11. The standard InChI is InChI=1S/C22H24N4O2S.C2H2O4/c1-26(2)14-18-13-17-12-16(8-9-20(17)23-18)22-25-24-21(28-22)15-29-11-10-27-19-6-4-3-5-7-19;3-1(4)2(5)6/h3-9,12-13,23H,10-11,14-15H2,1-2H3;(H,3,4)(H,5,6). The van der Waals surface area contributed by atoms with Gasteiger partial charge in [-0.15, -0.1) is 22.0 Å². The van der Waals surface area contributed by atoms with Crippen molar-refractivity contribution < 1.29 is 29.0 Å². The molecule has 0 amide bonds. The van der Waals surface area contributed by atoms with Gasteiger partial charge in [-0.05, 0) is 50.5 Å². The SMILES string of the molecule is CN(C)Cc1cc2cc(-c3nnc(CSCCOc4ccccc4)o3)ccc2[nH]1.O=C(O)C(=O)O. The lowest BCUT2D eigenvalue weighted by molar-refractivity contribution is -0.159. The van der Waals surface area contributed by atoms with Crippen molar-refractivity contribution in [3.8, 4) is 17.2 Å². The van der Waals surface area contributed by atoms with Crippen LogP contribution in [0.3, 0.4) is 0 Å². The first kappa shape index (κ1) is 25.8. The van der Waals surface area contributed by atoms with E-state index >= 15 is 0 Å². The Kier molecular flexibility index (Phi) is 9.27. The van der Waals surface area contributed by atoms with Crippen LogP contribution in [0.15, 0.2) is 59.0 Å². The fourth-order valence-corrected chi connectivity index (χ4v) is 3.71. The molecule has 0 aliphatic rings. The molecule has 3 N–H and O–H groups in total. The lowest BCUT2D eigenvalue weighted by atomic mass is 10.1. The summed E-state index contributed by atoms with van der Waals surface area (Å²) in [6.07, 6.45) is 0. The Balaban J connectivity index is 0.000000509. The lowest BCUT2D eigenvalue weighted by Crippen LogP contribution is -2.10. The molecular formula is C24H26N4O6S. The van der Waals surface area contributed by atoms with Crippen LogP contribution < -0.4 is 4.74 Å². The maximum atomic E-state index is 9.10. The van der Waals surface area contributed by atoms with Crippen LogP contribution in [-0.2, 0) is 21.9 Å². The van der Waals surface area contributed by atoms with E-state index in [0.29, 0.717) is 24.1 Å². The summed E-state index contributed by atoms with van der Waals surface area (Å²) in [6.45, 7) is 1.52. The molecule has 10 nitrogen and oxygen atoms in total. The van der Waals surface area contributed by atoms with E-state index in [0.717, 1.165) is 34.5 Å². The maximum Gasteiger partial charge on any atom is 0.414 e. The van der Waals surface area contributed by atoms with Gasteiger partial charge >= 0.3 is 11.9 Å². The molecule has 2 heterocycles. The van der Waals surface area contributed by atoms with E-state index < -0.39 is 11.9 Å². The number of carboxylic acid groups (broad SMARTS) is 2. The van der Waals surface area contributed by atoms with Gasteiger partial charge in [0, 0.05) is 34.5 Å². The molecule has 184 valence electrons. The number of hydrogen-bond donors (Lipinski definition) is 3. The average molecular weight is 499 g/mol. The van der Waals surface area contributed by atoms with E-state index in [1.165, 1.54) is 5.69 Å². The predicted octanol–water partition coefficient (Wildman–Crippen LogP) is 3.75. The van der Waals surface area contributed by atoms with Gasteiger partial charge in [-0.3, -0.25) is 0 Å². The molecule has 0 unspecified atom stereocenters. The molecule has 35 heavy (non-hydrogen) atoms. The molecule has 0 atom stereocenters. The largest absolute Gasteiger partial charge is 0.493 e. The number of thioether (sulfide) groups is 1. The Morgan fingerprint density at radius 3 is 2.49 bits per heavy atom. The first-order valence-electron chi connectivity index (χ1n) is 10.6. The normalized spacial score (nSPS) is 10.7. The molecule has 2 aromatic heterocycles. The Hall–Kier alpha value is -3.83. The topological polar surface area (TPSA) is 142 Å². The minimum atomic E-state index is -1.82. The van der Waals surface area contributed by atoms with E-state index in [2.05, 4.69) is 52.4 Å².